The number of fused-ring (bicyclic) bond motifs is 2. The Balaban J connectivity index is 1.54. The summed E-state index contributed by atoms with van der Waals surface area (Å²) in [6, 6.07) is 19.2. The minimum absolute atomic E-state index is 0.0625. The smallest absolute Gasteiger partial charge is 0.131 e. The van der Waals surface area contributed by atoms with Gasteiger partial charge < -0.3 is 0 Å². The maximum atomic E-state index is 6.69. The first-order chi connectivity index (χ1) is 14.2. The molecule has 3 heterocycles. The Bertz CT molecular complexity index is 935. The number of rotatable bonds is 4. The Morgan fingerprint density at radius 3 is 1.79 bits per heavy atom. The molecule has 2 aliphatic heterocycles. The molecule has 2 fully saturated rings. The fraction of sp³-hybridized carbons (Fsp3) is 0.333. The van der Waals surface area contributed by atoms with Crippen molar-refractivity contribution in [1.29, 1.82) is 0 Å². The van der Waals surface area contributed by atoms with Crippen molar-refractivity contribution in [1.82, 2.24) is 14.9 Å². The second-order valence-electron chi connectivity index (χ2n) is 8.05. The summed E-state index contributed by atoms with van der Waals surface area (Å²) in [7, 11) is 0. The van der Waals surface area contributed by atoms with Crippen LogP contribution in [0.2, 0.25) is 10.0 Å². The van der Waals surface area contributed by atoms with Crippen molar-refractivity contribution >= 4 is 23.2 Å². The van der Waals surface area contributed by atoms with Gasteiger partial charge in [0, 0.05) is 40.4 Å². The summed E-state index contributed by atoms with van der Waals surface area (Å²) in [6.45, 7) is 0. The SMILES string of the molecule is Clc1ccccc1C(c1ccccc1Cl)N1[C@@H]2CC[C@H]1CC(c1ncccn1)C2. The summed E-state index contributed by atoms with van der Waals surface area (Å²) >= 11 is 13.4. The summed E-state index contributed by atoms with van der Waals surface area (Å²) in [5.41, 5.74) is 2.27. The highest BCUT2D eigenvalue weighted by atomic mass is 35.5. The van der Waals surface area contributed by atoms with E-state index < -0.39 is 0 Å². The molecule has 29 heavy (non-hydrogen) atoms. The molecule has 3 atom stereocenters. The van der Waals surface area contributed by atoms with E-state index in [1.165, 1.54) is 12.8 Å². The van der Waals surface area contributed by atoms with E-state index >= 15 is 0 Å². The quantitative estimate of drug-likeness (QED) is 0.493. The summed E-state index contributed by atoms with van der Waals surface area (Å²) < 4.78 is 0. The van der Waals surface area contributed by atoms with Crippen LogP contribution in [-0.4, -0.2) is 27.0 Å². The molecule has 1 unspecified atom stereocenters. The van der Waals surface area contributed by atoms with E-state index in [1.54, 1.807) is 0 Å². The molecule has 0 aliphatic carbocycles. The van der Waals surface area contributed by atoms with Gasteiger partial charge in [0.15, 0.2) is 0 Å². The van der Waals surface area contributed by atoms with Gasteiger partial charge in [-0.1, -0.05) is 59.6 Å². The Labute approximate surface area is 181 Å². The van der Waals surface area contributed by atoms with Gasteiger partial charge in [-0.15, -0.1) is 0 Å². The molecule has 2 saturated heterocycles. The van der Waals surface area contributed by atoms with Crippen LogP contribution in [0.4, 0.5) is 0 Å². The first-order valence-corrected chi connectivity index (χ1v) is 11.0. The maximum absolute atomic E-state index is 6.69. The second kappa shape index (κ2) is 8.06. The van der Waals surface area contributed by atoms with Crippen molar-refractivity contribution in [3.8, 4) is 0 Å². The number of nitrogens with zero attached hydrogens (tertiary/aromatic N) is 3. The predicted molar refractivity (Wildman–Crippen MR) is 117 cm³/mol. The minimum Gasteiger partial charge on any atom is -0.286 e. The Kier molecular flexibility index (Phi) is 5.29. The zero-order chi connectivity index (χ0) is 19.8. The molecule has 1 aromatic heterocycles. The molecule has 0 radical (unpaired) electrons. The van der Waals surface area contributed by atoms with Gasteiger partial charge in [-0.3, -0.25) is 4.90 Å². The van der Waals surface area contributed by atoms with E-state index in [0.717, 1.165) is 39.8 Å². The van der Waals surface area contributed by atoms with Crippen molar-refractivity contribution in [3.05, 3.63) is 94.0 Å². The van der Waals surface area contributed by atoms with Gasteiger partial charge >= 0.3 is 0 Å². The monoisotopic (exact) mass is 423 g/mol. The highest BCUT2D eigenvalue weighted by Gasteiger charge is 2.46. The highest BCUT2D eigenvalue weighted by Crippen LogP contribution is 2.49. The van der Waals surface area contributed by atoms with E-state index in [4.69, 9.17) is 23.2 Å². The van der Waals surface area contributed by atoms with Gasteiger partial charge in [0.2, 0.25) is 0 Å². The van der Waals surface area contributed by atoms with Crippen LogP contribution >= 0.6 is 23.2 Å². The third-order valence-electron chi connectivity index (χ3n) is 6.44. The number of piperidine rings is 1. The summed E-state index contributed by atoms with van der Waals surface area (Å²) in [5, 5.41) is 1.59. The van der Waals surface area contributed by atoms with Gasteiger partial charge in [-0.05, 0) is 55.0 Å². The molecule has 0 amide bonds. The molecule has 148 valence electrons. The Morgan fingerprint density at radius 1 is 0.759 bits per heavy atom. The number of hydrogen-bond acceptors (Lipinski definition) is 3. The van der Waals surface area contributed by atoms with Crippen molar-refractivity contribution in [3.63, 3.8) is 0 Å². The van der Waals surface area contributed by atoms with Gasteiger partial charge in [-0.25, -0.2) is 9.97 Å². The summed E-state index contributed by atoms with van der Waals surface area (Å²) in [6.07, 6.45) is 8.25. The zero-order valence-corrected chi connectivity index (χ0v) is 17.6. The van der Waals surface area contributed by atoms with Crippen molar-refractivity contribution < 1.29 is 0 Å². The van der Waals surface area contributed by atoms with E-state index in [-0.39, 0.29) is 6.04 Å². The van der Waals surface area contributed by atoms with Gasteiger partial charge in [0.25, 0.3) is 0 Å². The number of hydrogen-bond donors (Lipinski definition) is 0. The second-order valence-corrected chi connectivity index (χ2v) is 8.87. The van der Waals surface area contributed by atoms with Crippen molar-refractivity contribution in [2.45, 2.75) is 49.7 Å². The molecular formula is C24H23Cl2N3. The lowest BCUT2D eigenvalue weighted by Gasteiger charge is -2.44. The fourth-order valence-electron chi connectivity index (χ4n) is 5.25. The largest absolute Gasteiger partial charge is 0.286 e. The molecule has 0 spiro atoms. The minimum atomic E-state index is 0.0625. The summed E-state index contributed by atoms with van der Waals surface area (Å²) in [5.74, 6) is 1.40. The molecule has 0 N–H and O–H groups in total. The molecule has 3 aromatic rings. The molecule has 5 rings (SSSR count). The fourth-order valence-corrected chi connectivity index (χ4v) is 5.73. The Hall–Kier alpha value is -1.94. The van der Waals surface area contributed by atoms with Crippen LogP contribution in [0.3, 0.4) is 0 Å². The van der Waals surface area contributed by atoms with Gasteiger partial charge in [-0.2, -0.15) is 0 Å². The Morgan fingerprint density at radius 2 is 1.28 bits per heavy atom. The van der Waals surface area contributed by atoms with Crippen LogP contribution in [0.5, 0.6) is 0 Å². The molecule has 2 aromatic carbocycles. The topological polar surface area (TPSA) is 29.0 Å². The van der Waals surface area contributed by atoms with Gasteiger partial charge in [0.1, 0.15) is 5.82 Å². The van der Waals surface area contributed by atoms with E-state index in [0.29, 0.717) is 18.0 Å². The number of halogens is 2. The molecule has 5 heteroatoms. The molecular weight excluding hydrogens is 401 g/mol. The standard InChI is InChI=1S/C24H23Cl2N3/c25-21-8-3-1-6-19(21)23(20-7-2-4-9-22(20)26)29-17-10-11-18(29)15-16(14-17)24-27-12-5-13-28-24/h1-9,12-13,16-18,23H,10-11,14-15H2/t16?,17-,18+. The van der Waals surface area contributed by atoms with Crippen LogP contribution in [0, 0.1) is 0 Å². The van der Waals surface area contributed by atoms with Crippen molar-refractivity contribution in [2.75, 3.05) is 0 Å². The maximum Gasteiger partial charge on any atom is 0.131 e. The van der Waals surface area contributed by atoms with E-state index in [1.807, 2.05) is 42.7 Å². The lowest BCUT2D eigenvalue weighted by molar-refractivity contribution is 0.0917. The first-order valence-electron chi connectivity index (χ1n) is 10.3. The number of benzene rings is 2. The first kappa shape index (κ1) is 19.0. The third-order valence-corrected chi connectivity index (χ3v) is 7.13. The highest BCUT2D eigenvalue weighted by molar-refractivity contribution is 6.32. The van der Waals surface area contributed by atoms with E-state index in [2.05, 4.69) is 39.1 Å². The van der Waals surface area contributed by atoms with Crippen LogP contribution in [-0.2, 0) is 0 Å². The van der Waals surface area contributed by atoms with Crippen LogP contribution in [0.15, 0.2) is 67.0 Å². The number of aromatic nitrogens is 2. The zero-order valence-electron chi connectivity index (χ0n) is 16.1. The van der Waals surface area contributed by atoms with Crippen LogP contribution in [0.25, 0.3) is 0 Å². The van der Waals surface area contributed by atoms with Crippen molar-refractivity contribution in [2.24, 2.45) is 0 Å². The van der Waals surface area contributed by atoms with Gasteiger partial charge in [0.05, 0.1) is 6.04 Å². The molecule has 0 saturated carbocycles. The van der Waals surface area contributed by atoms with E-state index in [9.17, 15) is 0 Å². The average molecular weight is 424 g/mol. The lowest BCUT2D eigenvalue weighted by Crippen LogP contribution is -2.45. The normalized spacial score (nSPS) is 24.2. The molecule has 3 nitrogen and oxygen atoms in total. The summed E-state index contributed by atoms with van der Waals surface area (Å²) in [4.78, 5) is 11.8. The van der Waals surface area contributed by atoms with Crippen LogP contribution in [0.1, 0.15) is 54.6 Å². The molecule has 2 bridgehead atoms. The lowest BCUT2D eigenvalue weighted by atomic mass is 9.86. The predicted octanol–water partition coefficient (Wildman–Crippen LogP) is 6.28. The average Bonchev–Trinajstić information content (AvgIpc) is 3.00. The van der Waals surface area contributed by atoms with Crippen LogP contribution < -0.4 is 0 Å². The molecule has 2 aliphatic rings. The third kappa shape index (κ3) is 3.56.